The Bertz CT molecular complexity index is 509. The van der Waals surface area contributed by atoms with Crippen molar-refractivity contribution in [2.75, 3.05) is 11.9 Å². The van der Waals surface area contributed by atoms with Gasteiger partial charge >= 0.3 is 0 Å². The molecule has 94 valence electrons. The molecule has 1 aromatic rings. The van der Waals surface area contributed by atoms with Crippen molar-refractivity contribution in [1.82, 2.24) is 4.72 Å². The molecule has 2 rings (SSSR count). The van der Waals surface area contributed by atoms with Crippen molar-refractivity contribution in [1.29, 1.82) is 0 Å². The van der Waals surface area contributed by atoms with Gasteiger partial charge in [-0.15, -0.1) is 0 Å². The number of anilines is 1. The Kier molecular flexibility index (Phi) is 3.40. The van der Waals surface area contributed by atoms with E-state index in [2.05, 4.69) is 10.0 Å². The maximum atomic E-state index is 12.0. The molecule has 0 amide bonds. The molecule has 0 aromatic heterocycles. The molecule has 0 atom stereocenters. The maximum Gasteiger partial charge on any atom is 0.240 e. The molecule has 0 saturated heterocycles. The quantitative estimate of drug-likeness (QED) is 0.863. The third kappa shape index (κ3) is 2.79. The van der Waals surface area contributed by atoms with Crippen LogP contribution in [0.2, 0.25) is 0 Å². The van der Waals surface area contributed by atoms with Crippen molar-refractivity contribution in [2.24, 2.45) is 0 Å². The van der Waals surface area contributed by atoms with Gasteiger partial charge in [0, 0.05) is 18.3 Å². The van der Waals surface area contributed by atoms with Gasteiger partial charge in [0.1, 0.15) is 0 Å². The molecule has 0 unspecified atom stereocenters. The third-order valence-electron chi connectivity index (χ3n) is 2.72. The van der Waals surface area contributed by atoms with Crippen LogP contribution in [0.3, 0.4) is 0 Å². The summed E-state index contributed by atoms with van der Waals surface area (Å²) < 4.78 is 26.6. The first kappa shape index (κ1) is 12.4. The van der Waals surface area contributed by atoms with Crippen LogP contribution in [-0.4, -0.2) is 21.0 Å². The molecular formula is C12H18N2O2S. The molecular weight excluding hydrogens is 236 g/mol. The molecule has 0 radical (unpaired) electrons. The normalized spacial score (nSPS) is 15.5. The van der Waals surface area contributed by atoms with Gasteiger partial charge in [-0.3, -0.25) is 0 Å². The first-order chi connectivity index (χ1) is 7.99. The van der Waals surface area contributed by atoms with Crippen LogP contribution in [0, 0.1) is 0 Å². The third-order valence-corrected chi connectivity index (χ3v) is 4.37. The van der Waals surface area contributed by atoms with E-state index in [0.29, 0.717) is 4.90 Å². The van der Waals surface area contributed by atoms with Gasteiger partial charge in [0.05, 0.1) is 4.90 Å². The second-order valence-electron chi connectivity index (χ2n) is 4.63. The number of fused-ring (bicyclic) bond motifs is 1. The van der Waals surface area contributed by atoms with E-state index in [1.807, 2.05) is 19.9 Å². The molecule has 1 heterocycles. The number of aryl methyl sites for hydroxylation is 1. The van der Waals surface area contributed by atoms with E-state index in [9.17, 15) is 8.42 Å². The van der Waals surface area contributed by atoms with Crippen LogP contribution < -0.4 is 10.0 Å². The van der Waals surface area contributed by atoms with Crippen LogP contribution in [0.25, 0.3) is 0 Å². The molecule has 0 fully saturated rings. The number of benzene rings is 1. The van der Waals surface area contributed by atoms with Crippen LogP contribution in [0.1, 0.15) is 25.8 Å². The van der Waals surface area contributed by atoms with Gasteiger partial charge in [-0.05, 0) is 50.5 Å². The van der Waals surface area contributed by atoms with Crippen LogP contribution in [-0.2, 0) is 16.4 Å². The highest BCUT2D eigenvalue weighted by molar-refractivity contribution is 7.89. The largest absolute Gasteiger partial charge is 0.385 e. The lowest BCUT2D eigenvalue weighted by molar-refractivity contribution is 0.569. The Balaban J connectivity index is 2.34. The lowest BCUT2D eigenvalue weighted by Crippen LogP contribution is -2.30. The van der Waals surface area contributed by atoms with Crippen molar-refractivity contribution >= 4 is 15.7 Å². The summed E-state index contributed by atoms with van der Waals surface area (Å²) in [6.07, 6.45) is 1.99. The summed E-state index contributed by atoms with van der Waals surface area (Å²) in [6.45, 7) is 4.60. The van der Waals surface area contributed by atoms with E-state index in [1.165, 1.54) is 0 Å². The standard InChI is InChI=1S/C12H18N2O2S/c1-9(2)14-17(15,16)11-5-6-12-10(8-11)4-3-7-13-12/h5-6,8-9,13-14H,3-4,7H2,1-2H3. The number of rotatable bonds is 3. The Morgan fingerprint density at radius 3 is 2.82 bits per heavy atom. The van der Waals surface area contributed by atoms with Crippen molar-refractivity contribution in [3.8, 4) is 0 Å². The predicted molar refractivity (Wildman–Crippen MR) is 68.7 cm³/mol. The van der Waals surface area contributed by atoms with Crippen molar-refractivity contribution in [3.63, 3.8) is 0 Å². The van der Waals surface area contributed by atoms with Gasteiger partial charge in [0.15, 0.2) is 0 Å². The minimum atomic E-state index is -3.37. The highest BCUT2D eigenvalue weighted by Crippen LogP contribution is 2.24. The average molecular weight is 254 g/mol. The minimum Gasteiger partial charge on any atom is -0.385 e. The monoisotopic (exact) mass is 254 g/mol. The van der Waals surface area contributed by atoms with Crippen LogP contribution in [0.5, 0.6) is 0 Å². The number of hydrogen-bond donors (Lipinski definition) is 2. The van der Waals surface area contributed by atoms with Gasteiger partial charge in [-0.25, -0.2) is 13.1 Å². The summed E-state index contributed by atoms with van der Waals surface area (Å²) in [5, 5.41) is 3.27. The summed E-state index contributed by atoms with van der Waals surface area (Å²) in [4.78, 5) is 0.355. The fourth-order valence-corrected chi connectivity index (χ4v) is 3.30. The van der Waals surface area contributed by atoms with Crippen LogP contribution in [0.15, 0.2) is 23.1 Å². The van der Waals surface area contributed by atoms with Crippen LogP contribution in [0.4, 0.5) is 5.69 Å². The van der Waals surface area contributed by atoms with Gasteiger partial charge in [0.2, 0.25) is 10.0 Å². The molecule has 0 spiro atoms. The van der Waals surface area contributed by atoms with E-state index in [4.69, 9.17) is 0 Å². The van der Waals surface area contributed by atoms with Gasteiger partial charge in [0.25, 0.3) is 0 Å². The summed E-state index contributed by atoms with van der Waals surface area (Å²) >= 11 is 0. The van der Waals surface area contributed by atoms with Crippen molar-refractivity contribution in [3.05, 3.63) is 23.8 Å². The number of sulfonamides is 1. The summed E-state index contributed by atoms with van der Waals surface area (Å²) in [5.74, 6) is 0. The molecule has 0 aliphatic carbocycles. The van der Waals surface area contributed by atoms with Crippen molar-refractivity contribution in [2.45, 2.75) is 37.6 Å². The Labute approximate surface area is 102 Å². The SMILES string of the molecule is CC(C)NS(=O)(=O)c1ccc2c(c1)CCCN2. The fourth-order valence-electron chi connectivity index (χ4n) is 2.00. The van der Waals surface area contributed by atoms with Gasteiger partial charge in [-0.1, -0.05) is 0 Å². The molecule has 0 bridgehead atoms. The Morgan fingerprint density at radius 1 is 1.35 bits per heavy atom. The second kappa shape index (κ2) is 4.66. The van der Waals surface area contributed by atoms with Crippen molar-refractivity contribution < 1.29 is 8.42 Å². The minimum absolute atomic E-state index is 0.0887. The molecule has 1 aromatic carbocycles. The number of hydrogen-bond acceptors (Lipinski definition) is 3. The lowest BCUT2D eigenvalue weighted by Gasteiger charge is -2.19. The second-order valence-corrected chi connectivity index (χ2v) is 6.34. The zero-order valence-corrected chi connectivity index (χ0v) is 11.0. The lowest BCUT2D eigenvalue weighted by atomic mass is 10.0. The van der Waals surface area contributed by atoms with E-state index in [0.717, 1.165) is 30.6 Å². The molecule has 5 heteroatoms. The first-order valence-corrected chi connectivity index (χ1v) is 7.36. The summed E-state index contributed by atoms with van der Waals surface area (Å²) in [6, 6.07) is 5.19. The zero-order chi connectivity index (χ0) is 12.5. The highest BCUT2D eigenvalue weighted by Gasteiger charge is 2.18. The molecule has 1 aliphatic heterocycles. The van der Waals surface area contributed by atoms with E-state index in [-0.39, 0.29) is 6.04 Å². The smallest absolute Gasteiger partial charge is 0.240 e. The molecule has 0 saturated carbocycles. The van der Waals surface area contributed by atoms with Gasteiger partial charge in [-0.2, -0.15) is 0 Å². The van der Waals surface area contributed by atoms with Gasteiger partial charge < -0.3 is 5.32 Å². The first-order valence-electron chi connectivity index (χ1n) is 5.88. The predicted octanol–water partition coefficient (Wildman–Crippen LogP) is 1.73. The summed E-state index contributed by atoms with van der Waals surface area (Å²) in [7, 11) is -3.37. The number of nitrogens with one attached hydrogen (secondary N) is 2. The van der Waals surface area contributed by atoms with E-state index >= 15 is 0 Å². The average Bonchev–Trinajstić information content (AvgIpc) is 2.26. The van der Waals surface area contributed by atoms with Crippen LogP contribution >= 0.6 is 0 Å². The Hall–Kier alpha value is -1.07. The molecule has 4 nitrogen and oxygen atoms in total. The summed E-state index contributed by atoms with van der Waals surface area (Å²) in [5.41, 5.74) is 2.14. The maximum absolute atomic E-state index is 12.0. The Morgan fingerprint density at radius 2 is 2.12 bits per heavy atom. The molecule has 1 aliphatic rings. The molecule has 17 heavy (non-hydrogen) atoms. The topological polar surface area (TPSA) is 58.2 Å². The zero-order valence-electron chi connectivity index (χ0n) is 10.2. The molecule has 2 N–H and O–H groups in total. The fraction of sp³-hybridized carbons (Fsp3) is 0.500. The highest BCUT2D eigenvalue weighted by atomic mass is 32.2. The van der Waals surface area contributed by atoms with E-state index in [1.54, 1.807) is 12.1 Å². The van der Waals surface area contributed by atoms with E-state index < -0.39 is 10.0 Å².